The summed E-state index contributed by atoms with van der Waals surface area (Å²) in [7, 11) is 0. The molecule has 0 bridgehead atoms. The fourth-order valence-electron chi connectivity index (χ4n) is 2.80. The highest BCUT2D eigenvalue weighted by atomic mass is 127. The Morgan fingerprint density at radius 3 is 2.68 bits per heavy atom. The predicted octanol–water partition coefficient (Wildman–Crippen LogP) is 3.76. The zero-order chi connectivity index (χ0) is 13.8. The maximum Gasteiger partial charge on any atom is 0.306 e. The number of carboxylic acid groups (broad SMARTS) is 1. The summed E-state index contributed by atoms with van der Waals surface area (Å²) in [6.07, 6.45) is 3.92. The van der Waals surface area contributed by atoms with E-state index < -0.39 is 5.97 Å². The largest absolute Gasteiger partial charge is 0.481 e. The van der Waals surface area contributed by atoms with Crippen molar-refractivity contribution < 1.29 is 14.7 Å². The number of halogens is 1. The molecule has 3 nitrogen and oxygen atoms in total. The maximum atomic E-state index is 12.2. The summed E-state index contributed by atoms with van der Waals surface area (Å²) in [5.74, 6) is -1.03. The molecule has 1 aromatic carbocycles. The summed E-state index contributed by atoms with van der Waals surface area (Å²) in [5.41, 5.74) is 0.696. The van der Waals surface area contributed by atoms with E-state index in [0.717, 1.165) is 22.8 Å². The van der Waals surface area contributed by atoms with Crippen LogP contribution in [0.5, 0.6) is 0 Å². The fraction of sp³-hybridized carbons (Fsp3) is 0.467. The molecule has 0 aliphatic heterocycles. The molecule has 0 heterocycles. The Morgan fingerprint density at radius 2 is 2.00 bits per heavy atom. The van der Waals surface area contributed by atoms with Gasteiger partial charge in [0.05, 0.1) is 5.92 Å². The second-order valence-electron chi connectivity index (χ2n) is 5.13. The summed E-state index contributed by atoms with van der Waals surface area (Å²) >= 11 is 2.18. The van der Waals surface area contributed by atoms with Crippen LogP contribution in [0.15, 0.2) is 24.3 Å². The van der Waals surface area contributed by atoms with Crippen molar-refractivity contribution in [2.75, 3.05) is 0 Å². The lowest BCUT2D eigenvalue weighted by Gasteiger charge is -2.27. The minimum absolute atomic E-state index is 0.00313. The number of Topliss-reactive ketones (excluding diaryl/α,β-unsaturated/α-hetero) is 1. The molecule has 1 fully saturated rings. The number of hydrogen-bond donors (Lipinski definition) is 1. The molecule has 0 saturated heterocycles. The maximum absolute atomic E-state index is 12.2. The van der Waals surface area contributed by atoms with Crippen molar-refractivity contribution in [3.8, 4) is 0 Å². The Labute approximate surface area is 126 Å². The Morgan fingerprint density at radius 1 is 1.26 bits per heavy atom. The standard InChI is InChI=1S/C15H17IO3/c16-12-6-3-5-11(8-12)14(17)9-10-4-1-2-7-13(10)15(18)19/h3,5-6,8,10,13H,1-2,4,7,9H2,(H,18,19). The lowest BCUT2D eigenvalue weighted by Crippen LogP contribution is -2.28. The number of benzene rings is 1. The van der Waals surface area contributed by atoms with Crippen LogP contribution >= 0.6 is 22.6 Å². The van der Waals surface area contributed by atoms with Crippen molar-refractivity contribution >= 4 is 34.3 Å². The average Bonchev–Trinajstić information content (AvgIpc) is 2.39. The van der Waals surface area contributed by atoms with Crippen molar-refractivity contribution in [2.24, 2.45) is 11.8 Å². The summed E-state index contributed by atoms with van der Waals surface area (Å²) < 4.78 is 1.03. The van der Waals surface area contributed by atoms with Crippen molar-refractivity contribution in [3.63, 3.8) is 0 Å². The second kappa shape index (κ2) is 6.50. The van der Waals surface area contributed by atoms with Gasteiger partial charge in [0.25, 0.3) is 0 Å². The van der Waals surface area contributed by atoms with Crippen LogP contribution in [-0.2, 0) is 4.79 Å². The van der Waals surface area contributed by atoms with Gasteiger partial charge in [-0.2, -0.15) is 0 Å². The lowest BCUT2D eigenvalue weighted by atomic mass is 9.76. The van der Waals surface area contributed by atoms with Crippen LogP contribution in [-0.4, -0.2) is 16.9 Å². The van der Waals surface area contributed by atoms with Gasteiger partial charge in [-0.3, -0.25) is 9.59 Å². The van der Waals surface area contributed by atoms with Gasteiger partial charge in [-0.1, -0.05) is 25.0 Å². The molecule has 1 aromatic rings. The van der Waals surface area contributed by atoms with Crippen LogP contribution in [0.25, 0.3) is 0 Å². The highest BCUT2D eigenvalue weighted by molar-refractivity contribution is 14.1. The van der Waals surface area contributed by atoms with E-state index in [2.05, 4.69) is 22.6 Å². The monoisotopic (exact) mass is 372 g/mol. The normalized spacial score (nSPS) is 23.0. The highest BCUT2D eigenvalue weighted by Gasteiger charge is 2.32. The van der Waals surface area contributed by atoms with E-state index in [-0.39, 0.29) is 17.6 Å². The molecular formula is C15H17IO3. The van der Waals surface area contributed by atoms with Crippen LogP contribution in [0.2, 0.25) is 0 Å². The Balaban J connectivity index is 2.07. The molecule has 19 heavy (non-hydrogen) atoms. The average molecular weight is 372 g/mol. The van der Waals surface area contributed by atoms with Crippen molar-refractivity contribution in [1.29, 1.82) is 0 Å². The van der Waals surface area contributed by atoms with Crippen molar-refractivity contribution in [3.05, 3.63) is 33.4 Å². The van der Waals surface area contributed by atoms with E-state index in [1.807, 2.05) is 24.3 Å². The Bertz CT molecular complexity index is 484. The number of ketones is 1. The fourth-order valence-corrected chi connectivity index (χ4v) is 3.34. The molecule has 2 rings (SSSR count). The third kappa shape index (κ3) is 3.78. The third-order valence-corrected chi connectivity index (χ3v) is 4.49. The van der Waals surface area contributed by atoms with Gasteiger partial charge in [0.15, 0.2) is 5.78 Å². The van der Waals surface area contributed by atoms with E-state index >= 15 is 0 Å². The molecule has 102 valence electrons. The minimum atomic E-state index is -0.750. The van der Waals surface area contributed by atoms with Crippen molar-refractivity contribution in [2.45, 2.75) is 32.1 Å². The van der Waals surface area contributed by atoms with E-state index in [0.29, 0.717) is 18.4 Å². The summed E-state index contributed by atoms with van der Waals surface area (Å²) in [6, 6.07) is 7.48. The first kappa shape index (κ1) is 14.5. The van der Waals surface area contributed by atoms with Crippen molar-refractivity contribution in [1.82, 2.24) is 0 Å². The molecule has 0 amide bonds. The number of carboxylic acids is 1. The number of carbonyl (C=O) groups excluding carboxylic acids is 1. The zero-order valence-electron chi connectivity index (χ0n) is 10.6. The van der Waals surface area contributed by atoms with Gasteiger partial charge in [0.2, 0.25) is 0 Å². The van der Waals surface area contributed by atoms with Gasteiger partial charge in [-0.05, 0) is 53.5 Å². The SMILES string of the molecule is O=C(CC1CCCCC1C(=O)O)c1cccc(I)c1. The van der Waals surface area contributed by atoms with Gasteiger partial charge < -0.3 is 5.11 Å². The topological polar surface area (TPSA) is 54.4 Å². The molecule has 0 radical (unpaired) electrons. The highest BCUT2D eigenvalue weighted by Crippen LogP contribution is 2.33. The quantitative estimate of drug-likeness (QED) is 0.647. The van der Waals surface area contributed by atoms with Crippen LogP contribution in [0.4, 0.5) is 0 Å². The van der Waals surface area contributed by atoms with E-state index in [9.17, 15) is 14.7 Å². The third-order valence-electron chi connectivity index (χ3n) is 3.82. The molecule has 1 aliphatic rings. The molecule has 1 aliphatic carbocycles. The van der Waals surface area contributed by atoms with Gasteiger partial charge in [-0.15, -0.1) is 0 Å². The van der Waals surface area contributed by atoms with E-state index in [4.69, 9.17) is 0 Å². The van der Waals surface area contributed by atoms with Gasteiger partial charge >= 0.3 is 5.97 Å². The Hall–Kier alpha value is -0.910. The van der Waals surface area contributed by atoms with Crippen LogP contribution < -0.4 is 0 Å². The van der Waals surface area contributed by atoms with Gasteiger partial charge in [0, 0.05) is 15.6 Å². The molecule has 1 N–H and O–H groups in total. The zero-order valence-corrected chi connectivity index (χ0v) is 12.8. The van der Waals surface area contributed by atoms with E-state index in [1.54, 1.807) is 0 Å². The molecule has 4 heteroatoms. The van der Waals surface area contributed by atoms with Crippen LogP contribution in [0.3, 0.4) is 0 Å². The second-order valence-corrected chi connectivity index (χ2v) is 6.37. The first-order chi connectivity index (χ1) is 9.08. The van der Waals surface area contributed by atoms with Gasteiger partial charge in [0.1, 0.15) is 0 Å². The van der Waals surface area contributed by atoms with E-state index in [1.165, 1.54) is 0 Å². The smallest absolute Gasteiger partial charge is 0.306 e. The molecule has 2 atom stereocenters. The number of aliphatic carboxylic acids is 1. The minimum Gasteiger partial charge on any atom is -0.481 e. The lowest BCUT2D eigenvalue weighted by molar-refractivity contribution is -0.144. The summed E-state index contributed by atoms with van der Waals surface area (Å²) in [6.45, 7) is 0. The molecule has 2 unspecified atom stereocenters. The predicted molar refractivity (Wildman–Crippen MR) is 81.2 cm³/mol. The number of hydrogen-bond acceptors (Lipinski definition) is 2. The molecular weight excluding hydrogens is 355 g/mol. The van der Waals surface area contributed by atoms with Crippen LogP contribution in [0, 0.1) is 15.4 Å². The summed E-state index contributed by atoms with van der Waals surface area (Å²) in [5, 5.41) is 9.22. The van der Waals surface area contributed by atoms with Gasteiger partial charge in [-0.25, -0.2) is 0 Å². The first-order valence-corrected chi connectivity index (χ1v) is 7.67. The molecule has 1 saturated carbocycles. The summed E-state index contributed by atoms with van der Waals surface area (Å²) in [4.78, 5) is 23.5. The van der Waals surface area contributed by atoms with Crippen LogP contribution in [0.1, 0.15) is 42.5 Å². The first-order valence-electron chi connectivity index (χ1n) is 6.59. The molecule has 0 spiro atoms. The Kier molecular flexibility index (Phi) is 4.96. The molecule has 0 aromatic heterocycles. The number of carbonyl (C=O) groups is 2. The number of rotatable bonds is 4.